The van der Waals surface area contributed by atoms with E-state index in [-0.39, 0.29) is 11.8 Å². The normalized spacial score (nSPS) is 17.5. The Morgan fingerprint density at radius 2 is 2.19 bits per heavy atom. The fourth-order valence-electron chi connectivity index (χ4n) is 3.16. The number of likely N-dealkylation sites (tertiary alicyclic amines) is 1. The number of aromatic nitrogens is 2. The van der Waals surface area contributed by atoms with Crippen molar-refractivity contribution in [3.63, 3.8) is 0 Å². The van der Waals surface area contributed by atoms with E-state index < -0.39 is 0 Å². The zero-order valence-electron chi connectivity index (χ0n) is 14.5. The summed E-state index contributed by atoms with van der Waals surface area (Å²) in [6.45, 7) is 1.31. The first-order valence-electron chi connectivity index (χ1n) is 8.78. The van der Waals surface area contributed by atoms with Gasteiger partial charge in [-0.2, -0.15) is 11.3 Å². The third-order valence-electron chi connectivity index (χ3n) is 4.60. The number of nitrogens with zero attached hydrogens (tertiary/aromatic N) is 3. The van der Waals surface area contributed by atoms with Crippen LogP contribution in [0, 0.1) is 0 Å². The molecule has 0 bridgehead atoms. The highest BCUT2D eigenvalue weighted by atomic mass is 35.5. The Bertz CT molecular complexity index is 952. The Morgan fingerprint density at radius 3 is 3.00 bits per heavy atom. The van der Waals surface area contributed by atoms with Gasteiger partial charge in [-0.3, -0.25) is 4.79 Å². The lowest BCUT2D eigenvalue weighted by atomic mass is 9.98. The van der Waals surface area contributed by atoms with Crippen molar-refractivity contribution in [3.05, 3.63) is 63.6 Å². The lowest BCUT2D eigenvalue weighted by Gasteiger charge is -2.30. The van der Waals surface area contributed by atoms with Crippen molar-refractivity contribution >= 4 is 34.9 Å². The van der Waals surface area contributed by atoms with Crippen molar-refractivity contribution in [2.75, 3.05) is 13.1 Å². The van der Waals surface area contributed by atoms with Gasteiger partial charge < -0.3 is 9.32 Å². The van der Waals surface area contributed by atoms with Gasteiger partial charge in [0.1, 0.15) is 0 Å². The van der Waals surface area contributed by atoms with Gasteiger partial charge in [0.25, 0.3) is 0 Å². The minimum Gasteiger partial charge on any atom is -0.420 e. The fourth-order valence-corrected chi connectivity index (χ4v) is 3.99. The zero-order valence-corrected chi connectivity index (χ0v) is 16.1. The Kier molecular flexibility index (Phi) is 5.36. The Hall–Kier alpha value is -2.44. The average Bonchev–Trinajstić information content (AvgIpc) is 3.39. The van der Waals surface area contributed by atoms with Crippen molar-refractivity contribution in [3.8, 4) is 11.5 Å². The molecule has 27 heavy (non-hydrogen) atoms. The summed E-state index contributed by atoms with van der Waals surface area (Å²) in [5.41, 5.74) is 1.77. The molecule has 0 unspecified atom stereocenters. The first kappa shape index (κ1) is 17.9. The van der Waals surface area contributed by atoms with Crippen LogP contribution in [0.25, 0.3) is 17.5 Å². The number of hydrogen-bond acceptors (Lipinski definition) is 5. The van der Waals surface area contributed by atoms with E-state index in [1.54, 1.807) is 23.5 Å². The predicted molar refractivity (Wildman–Crippen MR) is 107 cm³/mol. The van der Waals surface area contributed by atoms with E-state index in [4.69, 9.17) is 16.0 Å². The van der Waals surface area contributed by atoms with Crippen molar-refractivity contribution in [2.45, 2.75) is 18.8 Å². The van der Waals surface area contributed by atoms with E-state index >= 15 is 0 Å². The van der Waals surface area contributed by atoms with Gasteiger partial charge in [-0.1, -0.05) is 29.8 Å². The summed E-state index contributed by atoms with van der Waals surface area (Å²) in [6.07, 6.45) is 5.18. The van der Waals surface area contributed by atoms with Gasteiger partial charge in [0, 0.05) is 35.1 Å². The number of halogens is 1. The molecule has 0 radical (unpaired) electrons. The molecule has 1 aromatic carbocycles. The first-order valence-corrected chi connectivity index (χ1v) is 10.1. The lowest BCUT2D eigenvalue weighted by Crippen LogP contribution is -2.38. The maximum absolute atomic E-state index is 12.6. The minimum absolute atomic E-state index is 0.0304. The van der Waals surface area contributed by atoms with Crippen molar-refractivity contribution in [1.29, 1.82) is 0 Å². The number of carbonyl (C=O) groups excluding carboxylic acids is 1. The zero-order chi connectivity index (χ0) is 18.6. The molecule has 3 aromatic rings. The van der Waals surface area contributed by atoms with E-state index in [0.29, 0.717) is 23.3 Å². The maximum Gasteiger partial charge on any atom is 0.248 e. The molecule has 4 rings (SSSR count). The quantitative estimate of drug-likeness (QED) is 0.587. The maximum atomic E-state index is 12.6. The molecule has 0 N–H and O–H groups in total. The van der Waals surface area contributed by atoms with Gasteiger partial charge in [-0.05, 0) is 42.0 Å². The average molecular weight is 400 g/mol. The number of rotatable bonds is 4. The summed E-state index contributed by atoms with van der Waals surface area (Å²) in [5, 5.41) is 12.9. The summed E-state index contributed by atoms with van der Waals surface area (Å²) >= 11 is 7.73. The van der Waals surface area contributed by atoms with Crippen molar-refractivity contribution in [2.24, 2.45) is 0 Å². The SMILES string of the molecule is O=C(/C=C/c1ccccc1Cl)N1CCC[C@@H](c2nnc(-c3ccsc3)o2)C1. The van der Waals surface area contributed by atoms with Crippen LogP contribution >= 0.6 is 22.9 Å². The molecule has 7 heteroatoms. The van der Waals surface area contributed by atoms with E-state index in [9.17, 15) is 4.79 Å². The Labute approximate surface area is 166 Å². The number of thiophene rings is 1. The number of benzene rings is 1. The van der Waals surface area contributed by atoms with E-state index in [1.165, 1.54) is 0 Å². The van der Waals surface area contributed by atoms with Gasteiger partial charge in [-0.25, -0.2) is 0 Å². The standard InChI is InChI=1S/C20H18ClN3O2S/c21-17-6-2-1-4-14(17)7-8-18(25)24-10-3-5-15(12-24)19-22-23-20(26-19)16-9-11-27-13-16/h1-2,4,6-9,11,13,15H,3,5,10,12H2/b8-7+/t15-/m1/s1. The van der Waals surface area contributed by atoms with Gasteiger partial charge in [0.05, 0.1) is 5.92 Å². The van der Waals surface area contributed by atoms with Crippen LogP contribution in [0.3, 0.4) is 0 Å². The van der Waals surface area contributed by atoms with E-state index in [0.717, 1.165) is 30.5 Å². The first-order chi connectivity index (χ1) is 13.2. The Morgan fingerprint density at radius 1 is 1.30 bits per heavy atom. The van der Waals surface area contributed by atoms with Crippen LogP contribution in [-0.4, -0.2) is 34.1 Å². The topological polar surface area (TPSA) is 59.2 Å². The Balaban J connectivity index is 1.43. The van der Waals surface area contributed by atoms with E-state index in [2.05, 4.69) is 10.2 Å². The highest BCUT2D eigenvalue weighted by Crippen LogP contribution is 2.29. The second-order valence-electron chi connectivity index (χ2n) is 6.44. The monoisotopic (exact) mass is 399 g/mol. The lowest BCUT2D eigenvalue weighted by molar-refractivity contribution is -0.127. The van der Waals surface area contributed by atoms with Crippen molar-refractivity contribution in [1.82, 2.24) is 15.1 Å². The summed E-state index contributed by atoms with van der Waals surface area (Å²) in [7, 11) is 0. The molecule has 1 fully saturated rings. The third-order valence-corrected chi connectivity index (χ3v) is 5.63. The van der Waals surface area contributed by atoms with Crippen LogP contribution in [0.15, 0.2) is 51.6 Å². The molecule has 1 amide bonds. The van der Waals surface area contributed by atoms with Crippen LogP contribution in [0.2, 0.25) is 5.02 Å². The summed E-state index contributed by atoms with van der Waals surface area (Å²) in [6, 6.07) is 9.41. The molecule has 0 spiro atoms. The van der Waals surface area contributed by atoms with Crippen LogP contribution in [0.5, 0.6) is 0 Å². The highest BCUT2D eigenvalue weighted by molar-refractivity contribution is 7.08. The van der Waals surface area contributed by atoms with Crippen LogP contribution < -0.4 is 0 Å². The van der Waals surface area contributed by atoms with E-state index in [1.807, 2.05) is 46.0 Å². The highest BCUT2D eigenvalue weighted by Gasteiger charge is 2.27. The summed E-state index contributed by atoms with van der Waals surface area (Å²) < 4.78 is 5.85. The van der Waals surface area contributed by atoms with Gasteiger partial charge >= 0.3 is 0 Å². The molecular formula is C20H18ClN3O2S. The molecule has 1 aliphatic rings. The van der Waals surface area contributed by atoms with Crippen molar-refractivity contribution < 1.29 is 9.21 Å². The van der Waals surface area contributed by atoms with Gasteiger partial charge in [-0.15, -0.1) is 10.2 Å². The fraction of sp³-hybridized carbons (Fsp3) is 0.250. The number of carbonyl (C=O) groups is 1. The minimum atomic E-state index is -0.0304. The molecule has 1 aliphatic heterocycles. The summed E-state index contributed by atoms with van der Waals surface area (Å²) in [5.74, 6) is 1.17. The molecular weight excluding hydrogens is 382 g/mol. The number of hydrogen-bond donors (Lipinski definition) is 0. The van der Waals surface area contributed by atoms with Gasteiger partial charge in [0.15, 0.2) is 0 Å². The molecule has 5 nitrogen and oxygen atoms in total. The van der Waals surface area contributed by atoms with Crippen LogP contribution in [0.4, 0.5) is 0 Å². The van der Waals surface area contributed by atoms with Crippen LogP contribution in [0.1, 0.15) is 30.2 Å². The summed E-state index contributed by atoms with van der Waals surface area (Å²) in [4.78, 5) is 14.4. The number of amides is 1. The predicted octanol–water partition coefficient (Wildman–Crippen LogP) is 4.87. The molecule has 0 aliphatic carbocycles. The molecule has 0 saturated carbocycles. The molecule has 3 heterocycles. The second kappa shape index (κ2) is 8.06. The van der Waals surface area contributed by atoms with Crippen LogP contribution in [-0.2, 0) is 4.79 Å². The second-order valence-corrected chi connectivity index (χ2v) is 7.62. The largest absolute Gasteiger partial charge is 0.420 e. The smallest absolute Gasteiger partial charge is 0.248 e. The molecule has 138 valence electrons. The molecule has 1 atom stereocenters. The molecule has 2 aromatic heterocycles. The van der Waals surface area contributed by atoms with Gasteiger partial charge in [0.2, 0.25) is 17.7 Å². The number of piperidine rings is 1. The third kappa shape index (κ3) is 4.12. The molecule has 1 saturated heterocycles.